The maximum absolute atomic E-state index is 13.4. The molecule has 2 aliphatic heterocycles. The number of benzene rings is 1. The highest BCUT2D eigenvalue weighted by Gasteiger charge is 2.37. The molecule has 41 heavy (non-hydrogen) atoms. The summed E-state index contributed by atoms with van der Waals surface area (Å²) in [5, 5.41) is 15.0. The van der Waals surface area contributed by atoms with Crippen LogP contribution in [0.3, 0.4) is 0 Å². The molecule has 0 radical (unpaired) electrons. The minimum absolute atomic E-state index is 0.104. The maximum atomic E-state index is 13.4. The highest BCUT2D eigenvalue weighted by atomic mass is 16.5. The first-order valence-electron chi connectivity index (χ1n) is 14.4. The lowest BCUT2D eigenvalue weighted by molar-refractivity contribution is 0.0232. The van der Waals surface area contributed by atoms with Gasteiger partial charge in [0.15, 0.2) is 11.5 Å². The number of ether oxygens (including phenoxy) is 1. The van der Waals surface area contributed by atoms with Crippen molar-refractivity contribution in [3.05, 3.63) is 81.4 Å². The number of rotatable bonds is 6. The molecule has 0 fully saturated rings. The number of likely N-dealkylation sites (N-methyl/N-ethyl adjacent to an activating group) is 1. The van der Waals surface area contributed by atoms with Crippen LogP contribution in [0.15, 0.2) is 47.9 Å². The highest BCUT2D eigenvalue weighted by molar-refractivity contribution is 5.77. The van der Waals surface area contributed by atoms with E-state index in [0.717, 1.165) is 50.2 Å². The molecule has 4 aromatic rings. The first-order valence-corrected chi connectivity index (χ1v) is 14.4. The second-order valence-corrected chi connectivity index (χ2v) is 11.5. The number of nitrogens with zero attached hydrogens (tertiary/aromatic N) is 6. The monoisotopic (exact) mass is 553 g/mol. The number of allylic oxidation sites excluding steroid dienone is 1. The molecule has 212 valence electrons. The zero-order valence-corrected chi connectivity index (χ0v) is 23.6. The molecule has 0 spiro atoms. The Morgan fingerprint density at radius 3 is 2.90 bits per heavy atom. The minimum atomic E-state index is -0.969. The summed E-state index contributed by atoms with van der Waals surface area (Å²) in [5.74, 6) is 0.922. The molecule has 7 rings (SSSR count). The van der Waals surface area contributed by atoms with Crippen LogP contribution in [0.4, 0.5) is 11.6 Å². The predicted octanol–water partition coefficient (Wildman–Crippen LogP) is 3.90. The fourth-order valence-electron chi connectivity index (χ4n) is 6.70. The van der Waals surface area contributed by atoms with Crippen molar-refractivity contribution in [2.24, 2.45) is 0 Å². The number of pyridine rings is 1. The van der Waals surface area contributed by atoms with Crippen LogP contribution in [0, 0.1) is 0 Å². The van der Waals surface area contributed by atoms with Crippen LogP contribution >= 0.6 is 0 Å². The molecular formula is C31H35N7O3. The van der Waals surface area contributed by atoms with Gasteiger partial charge in [-0.25, -0.2) is 19.3 Å². The Morgan fingerprint density at radius 1 is 1.22 bits per heavy atom. The predicted molar refractivity (Wildman–Crippen MR) is 157 cm³/mol. The van der Waals surface area contributed by atoms with E-state index < -0.39 is 5.60 Å². The van der Waals surface area contributed by atoms with Crippen molar-refractivity contribution in [1.82, 2.24) is 29.2 Å². The fourth-order valence-corrected chi connectivity index (χ4v) is 6.70. The summed E-state index contributed by atoms with van der Waals surface area (Å²) in [6, 6.07) is 8.23. The summed E-state index contributed by atoms with van der Waals surface area (Å²) in [4.78, 5) is 30.0. The van der Waals surface area contributed by atoms with Crippen molar-refractivity contribution >= 4 is 22.7 Å². The number of aryl methyl sites for hydroxylation is 2. The normalized spacial score (nSPS) is 21.9. The zero-order valence-electron chi connectivity index (χ0n) is 23.6. The van der Waals surface area contributed by atoms with E-state index >= 15 is 0 Å². The van der Waals surface area contributed by atoms with E-state index in [9.17, 15) is 9.90 Å². The van der Waals surface area contributed by atoms with Crippen molar-refractivity contribution in [2.75, 3.05) is 25.5 Å². The molecule has 2 unspecified atom stereocenters. The van der Waals surface area contributed by atoms with Crippen molar-refractivity contribution < 1.29 is 9.84 Å². The van der Waals surface area contributed by atoms with Gasteiger partial charge in [-0.2, -0.15) is 4.98 Å². The van der Waals surface area contributed by atoms with Gasteiger partial charge in [0.2, 0.25) is 5.95 Å². The smallest absolute Gasteiger partial charge is 0.278 e. The number of aliphatic hydroxyl groups is 1. The van der Waals surface area contributed by atoms with Crippen LogP contribution < -0.4 is 10.9 Å². The van der Waals surface area contributed by atoms with Gasteiger partial charge in [0, 0.05) is 31.6 Å². The second-order valence-electron chi connectivity index (χ2n) is 11.5. The van der Waals surface area contributed by atoms with Crippen LogP contribution in [-0.2, 0) is 36.3 Å². The molecule has 0 amide bonds. The third-order valence-corrected chi connectivity index (χ3v) is 8.75. The van der Waals surface area contributed by atoms with Crippen LogP contribution in [0.25, 0.3) is 16.9 Å². The molecule has 5 heterocycles. The van der Waals surface area contributed by atoms with E-state index in [1.54, 1.807) is 21.6 Å². The lowest BCUT2D eigenvalue weighted by Gasteiger charge is -2.33. The molecule has 10 nitrogen and oxygen atoms in total. The Bertz CT molecular complexity index is 1740. The van der Waals surface area contributed by atoms with Crippen molar-refractivity contribution in [3.63, 3.8) is 0 Å². The van der Waals surface area contributed by atoms with Gasteiger partial charge in [-0.15, -0.1) is 6.58 Å². The van der Waals surface area contributed by atoms with Crippen LogP contribution in [-0.4, -0.2) is 54.5 Å². The van der Waals surface area contributed by atoms with Gasteiger partial charge in [-0.05, 0) is 79.6 Å². The largest absolute Gasteiger partial charge is 0.384 e. The third-order valence-electron chi connectivity index (χ3n) is 8.75. The van der Waals surface area contributed by atoms with Gasteiger partial charge in [-0.3, -0.25) is 9.69 Å². The van der Waals surface area contributed by atoms with E-state index in [1.807, 2.05) is 19.1 Å². The van der Waals surface area contributed by atoms with E-state index in [2.05, 4.69) is 41.0 Å². The van der Waals surface area contributed by atoms with E-state index in [0.29, 0.717) is 41.3 Å². The van der Waals surface area contributed by atoms with Gasteiger partial charge in [-0.1, -0.05) is 19.1 Å². The number of hydrogen-bond donors (Lipinski definition) is 2. The first-order chi connectivity index (χ1) is 19.9. The Hall–Kier alpha value is -3.86. The number of aromatic nitrogens is 5. The molecule has 3 aliphatic rings. The Balaban J connectivity index is 1.33. The SMILES string of the molecule is C=CCn1c(=O)c2cnc(Nc3cc4c5c(c3)CN(C)CC5OCCC4)nc2n1-c1ccc2c(n1)C(O)(CC)CC2. The van der Waals surface area contributed by atoms with Crippen LogP contribution in [0.5, 0.6) is 0 Å². The lowest BCUT2D eigenvalue weighted by atomic mass is 9.90. The topological polar surface area (TPSA) is 110 Å². The number of anilines is 2. The van der Waals surface area contributed by atoms with Gasteiger partial charge in [0.05, 0.1) is 18.3 Å². The fraction of sp³-hybridized carbons (Fsp3) is 0.419. The third kappa shape index (κ3) is 4.29. The molecule has 3 aromatic heterocycles. The summed E-state index contributed by atoms with van der Waals surface area (Å²) in [7, 11) is 2.12. The summed E-state index contributed by atoms with van der Waals surface area (Å²) in [6.45, 7) is 8.62. The molecule has 2 atom stereocenters. The molecule has 0 bridgehead atoms. The molecule has 0 saturated carbocycles. The first kappa shape index (κ1) is 26.1. The summed E-state index contributed by atoms with van der Waals surface area (Å²) < 4.78 is 9.46. The number of nitrogens with one attached hydrogen (secondary N) is 1. The zero-order chi connectivity index (χ0) is 28.3. The van der Waals surface area contributed by atoms with Gasteiger partial charge in [0.1, 0.15) is 11.0 Å². The molecule has 2 N–H and O–H groups in total. The molecule has 1 aromatic carbocycles. The highest BCUT2D eigenvalue weighted by Crippen LogP contribution is 2.39. The molecule has 1 aliphatic carbocycles. The number of fused-ring (bicyclic) bond motifs is 2. The van der Waals surface area contributed by atoms with Gasteiger partial charge >= 0.3 is 0 Å². The maximum Gasteiger partial charge on any atom is 0.278 e. The van der Waals surface area contributed by atoms with Crippen molar-refractivity contribution in [1.29, 1.82) is 0 Å². The van der Waals surface area contributed by atoms with Crippen molar-refractivity contribution in [3.8, 4) is 5.82 Å². The number of hydrogen-bond acceptors (Lipinski definition) is 8. The molecule has 10 heteroatoms. The molecule has 0 saturated heterocycles. The van der Waals surface area contributed by atoms with Crippen LogP contribution in [0.1, 0.15) is 60.2 Å². The summed E-state index contributed by atoms with van der Waals surface area (Å²) >= 11 is 0. The minimum Gasteiger partial charge on any atom is -0.384 e. The van der Waals surface area contributed by atoms with E-state index in [1.165, 1.54) is 16.7 Å². The average molecular weight is 554 g/mol. The lowest BCUT2D eigenvalue weighted by Crippen LogP contribution is -2.32. The Labute approximate surface area is 238 Å². The molecular weight excluding hydrogens is 518 g/mol. The van der Waals surface area contributed by atoms with Crippen molar-refractivity contribution in [2.45, 2.75) is 63.8 Å². The average Bonchev–Trinajstić information content (AvgIpc) is 3.34. The Morgan fingerprint density at radius 2 is 2.07 bits per heavy atom. The standard InChI is InChI=1S/C31H35N7O3/c1-4-12-37-29(39)23-16-32-30(33-22-14-20-7-6-13-41-24-18-36(3)17-21(15-22)26(20)24)35-28(23)38(37)25-9-8-19-10-11-31(40,5-2)27(19)34-25/h4,8-9,14-16,24,40H,1,5-7,10-13,17-18H2,2-3H3,(H,32,33,35). The summed E-state index contributed by atoms with van der Waals surface area (Å²) in [6.07, 6.45) is 7.30. The second kappa shape index (κ2) is 9.90. The quantitative estimate of drug-likeness (QED) is 0.346. The van der Waals surface area contributed by atoms with Gasteiger partial charge in [0.25, 0.3) is 5.56 Å². The van der Waals surface area contributed by atoms with Gasteiger partial charge < -0.3 is 15.2 Å². The van der Waals surface area contributed by atoms with Crippen LogP contribution in [0.2, 0.25) is 0 Å². The summed E-state index contributed by atoms with van der Waals surface area (Å²) in [5.41, 5.74) is 5.78. The van der Waals surface area contributed by atoms with E-state index in [-0.39, 0.29) is 18.2 Å². The Kier molecular flexibility index (Phi) is 6.29. The van der Waals surface area contributed by atoms with E-state index in [4.69, 9.17) is 14.7 Å².